The van der Waals surface area contributed by atoms with E-state index in [1.807, 2.05) is 36.7 Å². The minimum Gasteiger partial charge on any atom is -0.465 e. The average molecular weight is 271 g/mol. The third-order valence-electron chi connectivity index (χ3n) is 3.77. The molecule has 0 saturated carbocycles. The number of aryl methyl sites for hydroxylation is 2. The predicted molar refractivity (Wildman–Crippen MR) is 75.4 cm³/mol. The molecule has 1 aromatic carbocycles. The van der Waals surface area contributed by atoms with Crippen LogP contribution < -0.4 is 0 Å². The number of hydrogen-bond donors (Lipinski definition) is 1. The zero-order valence-corrected chi connectivity index (χ0v) is 11.6. The summed E-state index contributed by atoms with van der Waals surface area (Å²) < 4.78 is 1.92. The number of amides is 1. The Kier molecular flexibility index (Phi) is 2.97. The van der Waals surface area contributed by atoms with Crippen LogP contribution in [0.25, 0.3) is 5.69 Å². The molecule has 1 amide bonds. The molecular formula is C15H17N3O2. The highest BCUT2D eigenvalue weighted by Gasteiger charge is 2.31. The molecule has 2 aromatic rings. The minimum absolute atomic E-state index is 0.320. The Morgan fingerprint density at radius 1 is 1.25 bits per heavy atom. The van der Waals surface area contributed by atoms with Crippen LogP contribution in [0.4, 0.5) is 4.79 Å². The SMILES string of the molecule is Cc1cc(C)n(-c2ccc(C3CN(C(=O)O)C3)cc2)n1. The number of likely N-dealkylation sites (tertiary alicyclic amines) is 1. The molecule has 0 unspecified atom stereocenters. The van der Waals surface area contributed by atoms with Gasteiger partial charge in [0.1, 0.15) is 0 Å². The predicted octanol–water partition coefficient (Wildman–Crippen LogP) is 2.57. The summed E-state index contributed by atoms with van der Waals surface area (Å²) in [6.45, 7) is 5.19. The molecule has 0 aliphatic carbocycles. The van der Waals surface area contributed by atoms with Crippen LogP contribution in [-0.2, 0) is 0 Å². The van der Waals surface area contributed by atoms with Gasteiger partial charge in [0.2, 0.25) is 0 Å². The van der Waals surface area contributed by atoms with E-state index in [-0.39, 0.29) is 0 Å². The number of aromatic nitrogens is 2. The summed E-state index contributed by atoms with van der Waals surface area (Å²) >= 11 is 0. The maximum Gasteiger partial charge on any atom is 0.407 e. The highest BCUT2D eigenvalue weighted by atomic mass is 16.4. The molecule has 1 aliphatic heterocycles. The van der Waals surface area contributed by atoms with Crippen molar-refractivity contribution in [2.75, 3.05) is 13.1 Å². The van der Waals surface area contributed by atoms with E-state index >= 15 is 0 Å². The molecule has 1 fully saturated rings. The Morgan fingerprint density at radius 3 is 2.40 bits per heavy atom. The van der Waals surface area contributed by atoms with Gasteiger partial charge >= 0.3 is 6.09 Å². The van der Waals surface area contributed by atoms with Gasteiger partial charge < -0.3 is 10.0 Å². The second kappa shape index (κ2) is 4.67. The monoisotopic (exact) mass is 271 g/mol. The van der Waals surface area contributed by atoms with Crippen LogP contribution in [0.5, 0.6) is 0 Å². The highest BCUT2D eigenvalue weighted by molar-refractivity contribution is 5.66. The molecule has 2 heterocycles. The summed E-state index contributed by atoms with van der Waals surface area (Å²) in [6, 6.07) is 10.3. The summed E-state index contributed by atoms with van der Waals surface area (Å²) in [5.74, 6) is 0.320. The molecule has 3 rings (SSSR count). The molecule has 1 aromatic heterocycles. The van der Waals surface area contributed by atoms with Crippen LogP contribution in [0.2, 0.25) is 0 Å². The normalized spacial score (nSPS) is 15.2. The third kappa shape index (κ3) is 2.15. The van der Waals surface area contributed by atoms with Crippen molar-refractivity contribution in [2.24, 2.45) is 0 Å². The van der Waals surface area contributed by atoms with E-state index in [9.17, 15) is 4.79 Å². The van der Waals surface area contributed by atoms with Crippen molar-refractivity contribution in [3.8, 4) is 5.69 Å². The second-order valence-electron chi connectivity index (χ2n) is 5.31. The van der Waals surface area contributed by atoms with Gasteiger partial charge in [0.25, 0.3) is 0 Å². The number of hydrogen-bond acceptors (Lipinski definition) is 2. The molecule has 1 aliphatic rings. The lowest BCUT2D eigenvalue weighted by molar-refractivity contribution is 0.105. The molecule has 0 radical (unpaired) electrons. The lowest BCUT2D eigenvalue weighted by Gasteiger charge is -2.37. The van der Waals surface area contributed by atoms with Crippen molar-refractivity contribution < 1.29 is 9.90 Å². The van der Waals surface area contributed by atoms with Gasteiger partial charge in [-0.1, -0.05) is 12.1 Å². The van der Waals surface area contributed by atoms with Gasteiger partial charge in [-0.15, -0.1) is 0 Å². The fraction of sp³-hybridized carbons (Fsp3) is 0.333. The third-order valence-corrected chi connectivity index (χ3v) is 3.77. The zero-order valence-electron chi connectivity index (χ0n) is 11.6. The fourth-order valence-corrected chi connectivity index (χ4v) is 2.62. The van der Waals surface area contributed by atoms with Crippen molar-refractivity contribution in [1.82, 2.24) is 14.7 Å². The summed E-state index contributed by atoms with van der Waals surface area (Å²) in [5, 5.41) is 13.3. The first-order valence-electron chi connectivity index (χ1n) is 6.66. The molecule has 1 N–H and O–H groups in total. The van der Waals surface area contributed by atoms with Gasteiger partial charge in [0, 0.05) is 24.7 Å². The first kappa shape index (κ1) is 12.7. The summed E-state index contributed by atoms with van der Waals surface area (Å²) in [4.78, 5) is 12.2. The number of nitrogens with zero attached hydrogens (tertiary/aromatic N) is 3. The van der Waals surface area contributed by atoms with Crippen molar-refractivity contribution in [2.45, 2.75) is 19.8 Å². The van der Waals surface area contributed by atoms with E-state index < -0.39 is 6.09 Å². The van der Waals surface area contributed by atoms with Crippen LogP contribution in [0.1, 0.15) is 22.9 Å². The van der Waals surface area contributed by atoms with Gasteiger partial charge in [-0.2, -0.15) is 5.10 Å². The second-order valence-corrected chi connectivity index (χ2v) is 5.31. The Balaban J connectivity index is 1.76. The number of carboxylic acid groups (broad SMARTS) is 1. The minimum atomic E-state index is -0.833. The standard InChI is InChI=1S/C15H17N3O2/c1-10-7-11(2)18(16-10)14-5-3-12(4-6-14)13-8-17(9-13)15(19)20/h3-7,13H,8-9H2,1-2H3,(H,19,20). The number of rotatable bonds is 2. The van der Waals surface area contributed by atoms with E-state index in [0.29, 0.717) is 19.0 Å². The van der Waals surface area contributed by atoms with E-state index in [1.165, 1.54) is 10.5 Å². The maximum absolute atomic E-state index is 10.8. The smallest absolute Gasteiger partial charge is 0.407 e. The highest BCUT2D eigenvalue weighted by Crippen LogP contribution is 2.27. The summed E-state index contributed by atoms with van der Waals surface area (Å²) in [6.07, 6.45) is -0.833. The largest absolute Gasteiger partial charge is 0.465 e. The molecule has 5 heteroatoms. The topological polar surface area (TPSA) is 58.4 Å². The molecule has 0 bridgehead atoms. The van der Waals surface area contributed by atoms with Gasteiger partial charge in [-0.25, -0.2) is 9.48 Å². The molecule has 104 valence electrons. The molecule has 1 saturated heterocycles. The molecule has 20 heavy (non-hydrogen) atoms. The lowest BCUT2D eigenvalue weighted by atomic mass is 9.92. The van der Waals surface area contributed by atoms with Crippen LogP contribution in [0.3, 0.4) is 0 Å². The van der Waals surface area contributed by atoms with Crippen molar-refractivity contribution in [3.05, 3.63) is 47.3 Å². The summed E-state index contributed by atoms with van der Waals surface area (Å²) in [5.41, 5.74) is 4.33. The fourth-order valence-electron chi connectivity index (χ4n) is 2.62. The zero-order chi connectivity index (χ0) is 14.3. The Labute approximate surface area is 117 Å². The Bertz CT molecular complexity index is 640. The Hall–Kier alpha value is -2.30. The van der Waals surface area contributed by atoms with Gasteiger partial charge in [-0.05, 0) is 37.6 Å². The first-order chi connectivity index (χ1) is 9.54. The van der Waals surface area contributed by atoms with E-state index in [4.69, 9.17) is 5.11 Å². The van der Waals surface area contributed by atoms with Crippen molar-refractivity contribution in [3.63, 3.8) is 0 Å². The van der Waals surface area contributed by atoms with E-state index in [2.05, 4.69) is 17.2 Å². The van der Waals surface area contributed by atoms with Crippen LogP contribution in [0.15, 0.2) is 30.3 Å². The average Bonchev–Trinajstić information content (AvgIpc) is 2.67. The van der Waals surface area contributed by atoms with Crippen molar-refractivity contribution >= 4 is 6.09 Å². The van der Waals surface area contributed by atoms with Crippen LogP contribution in [-0.4, -0.2) is 39.0 Å². The number of benzene rings is 1. The number of carbonyl (C=O) groups is 1. The maximum atomic E-state index is 10.8. The molecular weight excluding hydrogens is 254 g/mol. The molecule has 0 atom stereocenters. The van der Waals surface area contributed by atoms with E-state index in [0.717, 1.165) is 17.1 Å². The summed E-state index contributed by atoms with van der Waals surface area (Å²) in [7, 11) is 0. The van der Waals surface area contributed by atoms with Gasteiger partial charge in [-0.3, -0.25) is 0 Å². The Morgan fingerprint density at radius 2 is 1.90 bits per heavy atom. The quantitative estimate of drug-likeness (QED) is 0.913. The van der Waals surface area contributed by atoms with Crippen molar-refractivity contribution in [1.29, 1.82) is 0 Å². The van der Waals surface area contributed by atoms with Gasteiger partial charge in [0.05, 0.1) is 11.4 Å². The van der Waals surface area contributed by atoms with Gasteiger partial charge in [0.15, 0.2) is 0 Å². The molecule has 0 spiro atoms. The first-order valence-corrected chi connectivity index (χ1v) is 6.66. The lowest BCUT2D eigenvalue weighted by Crippen LogP contribution is -2.47. The molecule has 5 nitrogen and oxygen atoms in total. The van der Waals surface area contributed by atoms with Crippen LogP contribution >= 0.6 is 0 Å². The van der Waals surface area contributed by atoms with E-state index in [1.54, 1.807) is 0 Å². The van der Waals surface area contributed by atoms with Crippen LogP contribution in [0, 0.1) is 13.8 Å².